The monoisotopic (exact) mass is 354 g/mol. The molecule has 0 N–H and O–H groups in total. The molecule has 0 saturated carbocycles. The fourth-order valence-electron chi connectivity index (χ4n) is 0.304. The number of hydrogen-bond donors (Lipinski definition) is 0. The second-order valence-corrected chi connectivity index (χ2v) is 1.50. The van der Waals surface area contributed by atoms with E-state index in [1.165, 1.54) is 0 Å². The van der Waals surface area contributed by atoms with Crippen molar-refractivity contribution >= 4 is 0 Å². The van der Waals surface area contributed by atoms with Gasteiger partial charge in [-0.2, -0.15) is 6.42 Å². The van der Waals surface area contributed by atoms with Crippen LogP contribution in [-0.2, 0) is 39.6 Å². The van der Waals surface area contributed by atoms with Crippen LogP contribution in [0.1, 0.15) is 13.3 Å². The fraction of sp³-hybridized carbons (Fsp3) is 0.222. The van der Waals surface area contributed by atoms with Crippen molar-refractivity contribution in [2.45, 2.75) is 13.3 Å². The van der Waals surface area contributed by atoms with Gasteiger partial charge in [0.25, 0.3) is 0 Å². The summed E-state index contributed by atoms with van der Waals surface area (Å²) in [6, 6.07) is 13.0. The summed E-state index contributed by atoms with van der Waals surface area (Å²) in [6.45, 7) is 5.50. The molecule has 1 aromatic rings. The Kier molecular flexibility index (Phi) is 26.9. The summed E-state index contributed by atoms with van der Waals surface area (Å²) in [7, 11) is 0. The predicted molar refractivity (Wildman–Crippen MR) is 39.8 cm³/mol. The van der Waals surface area contributed by atoms with Crippen LogP contribution in [0.2, 0.25) is 0 Å². The maximum Gasteiger partial charge on any atom is 2.00 e. The van der Waals surface area contributed by atoms with Gasteiger partial charge in [-0.1, -0.05) is 6.92 Å². The molecule has 0 aromatic heterocycles. The van der Waals surface area contributed by atoms with Crippen LogP contribution in [0, 0.1) is 19.1 Å². The summed E-state index contributed by atoms with van der Waals surface area (Å²) in [5.41, 5.74) is 0. The van der Waals surface area contributed by atoms with Crippen LogP contribution < -0.4 is 0 Å². The summed E-state index contributed by atoms with van der Waals surface area (Å²) in [4.78, 5) is 0. The Hall–Kier alpha value is 0.493. The van der Waals surface area contributed by atoms with Crippen molar-refractivity contribution in [2.24, 2.45) is 0 Å². The molecule has 11 heavy (non-hydrogen) atoms. The summed E-state index contributed by atoms with van der Waals surface area (Å²) in [6.07, 6.45) is 1.00. The van der Waals surface area contributed by atoms with E-state index in [0.29, 0.717) is 0 Å². The molecule has 0 aliphatic rings. The van der Waals surface area contributed by atoms with Gasteiger partial charge in [0.05, 0.1) is 0 Å². The molecule has 0 unspecified atom stereocenters. The van der Waals surface area contributed by atoms with Crippen LogP contribution in [0.3, 0.4) is 0 Å². The molecule has 1 rings (SSSR count). The van der Waals surface area contributed by atoms with Crippen molar-refractivity contribution in [3.8, 4) is 0 Å². The van der Waals surface area contributed by atoms with Gasteiger partial charge in [-0.3, -0.25) is 24.3 Å². The average Bonchev–Trinajstić information content (AvgIpc) is 1.93. The second kappa shape index (κ2) is 16.8. The topological polar surface area (TPSA) is 0 Å². The number of benzene rings is 1. The molecule has 1 aromatic carbocycles. The van der Waals surface area contributed by atoms with Crippen molar-refractivity contribution < 1.29 is 39.6 Å². The van der Waals surface area contributed by atoms with E-state index in [0.717, 1.165) is 6.42 Å². The van der Waals surface area contributed by atoms with Crippen LogP contribution in [0.15, 0.2) is 24.3 Å². The van der Waals surface area contributed by atoms with Gasteiger partial charge in [0.1, 0.15) is 0 Å². The minimum atomic E-state index is 0. The molecule has 0 aliphatic heterocycles. The Morgan fingerprint density at radius 2 is 1.27 bits per heavy atom. The van der Waals surface area contributed by atoms with Gasteiger partial charge in [-0.15, -0.1) is 0 Å². The Morgan fingerprint density at radius 3 is 1.36 bits per heavy atom. The van der Waals surface area contributed by atoms with Crippen LogP contribution in [0.25, 0.3) is 0 Å². The van der Waals surface area contributed by atoms with Crippen LogP contribution >= 0.6 is 0 Å². The minimum absolute atomic E-state index is 0. The molecular weight excluding hydrogens is 343 g/mol. The molecule has 0 fully saturated rings. The molecule has 0 amide bonds. The first-order chi connectivity index (χ1) is 4.41. The summed E-state index contributed by atoms with van der Waals surface area (Å²) in [5.74, 6) is 0. The molecule has 0 aliphatic carbocycles. The maximum absolute atomic E-state index is 3.49. The van der Waals surface area contributed by atoms with Crippen LogP contribution in [0.4, 0.5) is 0 Å². The molecule has 59 valence electrons. The molecule has 1 radical (unpaired) electrons. The maximum atomic E-state index is 3.49. The quantitative estimate of drug-likeness (QED) is 0.629. The van der Waals surface area contributed by atoms with Crippen molar-refractivity contribution in [3.05, 3.63) is 43.3 Å². The summed E-state index contributed by atoms with van der Waals surface area (Å²) >= 11 is 0. The number of hydrogen-bond acceptors (Lipinski definition) is 0. The van der Waals surface area contributed by atoms with Gasteiger partial charge >= 0.3 is 18.6 Å². The van der Waals surface area contributed by atoms with Gasteiger partial charge in [-0.05, 0) is 0 Å². The molecule has 0 heterocycles. The Balaban J connectivity index is -0.000000116. The van der Waals surface area contributed by atoms with Gasteiger partial charge in [0.2, 0.25) is 0 Å². The fourth-order valence-corrected chi connectivity index (χ4v) is 0.304. The first kappa shape index (κ1) is 17.5. The third-order valence-corrected chi connectivity index (χ3v) is 0.552. The van der Waals surface area contributed by atoms with E-state index in [4.69, 9.17) is 0 Å². The normalized spacial score (nSPS) is 6.00. The minimum Gasteiger partial charge on any atom is -0.344 e. The third kappa shape index (κ3) is 18.0. The standard InChI is InChI=1S/C6H4.C3H7.V.W/c1-2-4-6-5-3-1;1-3-2;;/h1-2,5-6H;1,3H2,2H3;;/q-2;-1;+2;. The van der Waals surface area contributed by atoms with Crippen molar-refractivity contribution in [2.75, 3.05) is 0 Å². The van der Waals surface area contributed by atoms with Gasteiger partial charge in [0, 0.05) is 21.1 Å². The Morgan fingerprint density at radius 1 is 1.09 bits per heavy atom. The van der Waals surface area contributed by atoms with Crippen molar-refractivity contribution in [3.63, 3.8) is 0 Å². The SMILES string of the molecule is [CH2-]CC.[V+2].[W].[c-]1cc[c-]cc1. The first-order valence-electron chi connectivity index (χ1n) is 3.03. The van der Waals surface area contributed by atoms with Crippen LogP contribution in [0.5, 0.6) is 0 Å². The molecule has 0 bridgehead atoms. The predicted octanol–water partition coefficient (Wildman–Crippen LogP) is 2.51. The Labute approximate surface area is 95.9 Å². The second-order valence-electron chi connectivity index (χ2n) is 1.50. The average molecular weight is 354 g/mol. The van der Waals surface area contributed by atoms with Crippen molar-refractivity contribution in [1.82, 2.24) is 0 Å². The number of rotatable bonds is 0. The van der Waals surface area contributed by atoms with E-state index in [-0.39, 0.29) is 39.6 Å². The van der Waals surface area contributed by atoms with Crippen LogP contribution in [-0.4, -0.2) is 0 Å². The smallest absolute Gasteiger partial charge is 0.344 e. The molecule has 0 atom stereocenters. The zero-order valence-electron chi connectivity index (χ0n) is 6.58. The summed E-state index contributed by atoms with van der Waals surface area (Å²) < 4.78 is 0. The van der Waals surface area contributed by atoms with E-state index < -0.39 is 0 Å². The third-order valence-electron chi connectivity index (χ3n) is 0.552. The van der Waals surface area contributed by atoms with Gasteiger partial charge < -0.3 is 19.1 Å². The van der Waals surface area contributed by atoms with E-state index >= 15 is 0 Å². The molecule has 0 saturated heterocycles. The van der Waals surface area contributed by atoms with E-state index in [9.17, 15) is 0 Å². The molecule has 2 heteroatoms. The zero-order valence-corrected chi connectivity index (χ0v) is 10.9. The largest absolute Gasteiger partial charge is 2.00 e. The Bertz CT molecular complexity index is 92.4. The van der Waals surface area contributed by atoms with Gasteiger partial charge in [-0.25, -0.2) is 0 Å². The molecule has 0 nitrogen and oxygen atoms in total. The zero-order chi connectivity index (χ0) is 6.95. The van der Waals surface area contributed by atoms with E-state index in [1.807, 2.05) is 31.2 Å². The summed E-state index contributed by atoms with van der Waals surface area (Å²) in [5, 5.41) is 0. The van der Waals surface area contributed by atoms with E-state index in [1.54, 1.807) is 0 Å². The molecular formula is C9H11VW-. The van der Waals surface area contributed by atoms with Gasteiger partial charge in [0.15, 0.2) is 0 Å². The molecule has 0 spiro atoms. The van der Waals surface area contributed by atoms with E-state index in [2.05, 4.69) is 19.1 Å². The van der Waals surface area contributed by atoms with Crippen molar-refractivity contribution in [1.29, 1.82) is 0 Å². The first-order valence-corrected chi connectivity index (χ1v) is 3.03.